The predicted octanol–water partition coefficient (Wildman–Crippen LogP) is 1.71. The number of hydrogen-bond donors (Lipinski definition) is 2. The maximum atomic E-state index is 5.84. The number of para-hydroxylation sites is 1. The van der Waals surface area contributed by atoms with Gasteiger partial charge in [0.2, 0.25) is 0 Å². The van der Waals surface area contributed by atoms with E-state index in [1.165, 1.54) is 0 Å². The van der Waals surface area contributed by atoms with Gasteiger partial charge in [-0.05, 0) is 19.1 Å². The smallest absolute Gasteiger partial charge is 0.296 e. The fourth-order valence-corrected chi connectivity index (χ4v) is 1.97. The van der Waals surface area contributed by atoms with E-state index in [0.29, 0.717) is 22.8 Å². The summed E-state index contributed by atoms with van der Waals surface area (Å²) in [5.74, 6) is 0.801. The first-order chi connectivity index (χ1) is 9.15. The van der Waals surface area contributed by atoms with Crippen LogP contribution in [0.3, 0.4) is 0 Å². The Kier molecular flexibility index (Phi) is 2.59. The highest BCUT2D eigenvalue weighted by molar-refractivity contribution is 5.86. The second-order valence-electron chi connectivity index (χ2n) is 4.38. The van der Waals surface area contributed by atoms with Gasteiger partial charge in [-0.25, -0.2) is 0 Å². The first-order valence-electron chi connectivity index (χ1n) is 5.90. The van der Waals surface area contributed by atoms with E-state index in [-0.39, 0.29) is 6.04 Å². The number of anilines is 2. The minimum absolute atomic E-state index is 0.0678. The SMILES string of the molecule is CC(Nc1nc2c(N)cccc2o1)c1nncn1C. The van der Waals surface area contributed by atoms with Crippen molar-refractivity contribution in [1.29, 1.82) is 0 Å². The van der Waals surface area contributed by atoms with Gasteiger partial charge in [0.05, 0.1) is 11.7 Å². The number of fused-ring (bicyclic) bond motifs is 1. The zero-order valence-electron chi connectivity index (χ0n) is 10.7. The van der Waals surface area contributed by atoms with E-state index < -0.39 is 0 Å². The van der Waals surface area contributed by atoms with Crippen LogP contribution < -0.4 is 11.1 Å². The van der Waals surface area contributed by atoms with Crippen LogP contribution in [-0.4, -0.2) is 19.7 Å². The topological polar surface area (TPSA) is 94.8 Å². The quantitative estimate of drug-likeness (QED) is 0.694. The van der Waals surface area contributed by atoms with E-state index in [2.05, 4.69) is 20.5 Å². The fourth-order valence-electron chi connectivity index (χ4n) is 1.97. The lowest BCUT2D eigenvalue weighted by Gasteiger charge is -2.10. The Morgan fingerprint density at radius 1 is 1.42 bits per heavy atom. The largest absolute Gasteiger partial charge is 0.423 e. The molecule has 0 radical (unpaired) electrons. The number of oxazole rings is 1. The third-order valence-corrected chi connectivity index (χ3v) is 2.92. The van der Waals surface area contributed by atoms with Crippen molar-refractivity contribution in [3.63, 3.8) is 0 Å². The second-order valence-corrected chi connectivity index (χ2v) is 4.38. The average Bonchev–Trinajstić information content (AvgIpc) is 2.95. The van der Waals surface area contributed by atoms with Crippen LogP contribution in [0.25, 0.3) is 11.1 Å². The molecule has 0 spiro atoms. The molecule has 2 aromatic heterocycles. The third-order valence-electron chi connectivity index (χ3n) is 2.92. The number of nitrogens with one attached hydrogen (secondary N) is 1. The van der Waals surface area contributed by atoms with Crippen LogP contribution in [0.15, 0.2) is 28.9 Å². The van der Waals surface area contributed by atoms with E-state index in [1.54, 1.807) is 12.4 Å². The Hall–Kier alpha value is -2.57. The van der Waals surface area contributed by atoms with Gasteiger partial charge in [-0.3, -0.25) is 0 Å². The first kappa shape index (κ1) is 11.5. The lowest BCUT2D eigenvalue weighted by Crippen LogP contribution is -2.12. The number of rotatable bonds is 3. The molecule has 1 aromatic carbocycles. The maximum absolute atomic E-state index is 5.84. The van der Waals surface area contributed by atoms with Gasteiger partial charge in [-0.15, -0.1) is 10.2 Å². The zero-order chi connectivity index (χ0) is 13.4. The minimum atomic E-state index is -0.0678. The number of nitrogen functional groups attached to an aromatic ring is 1. The van der Waals surface area contributed by atoms with Gasteiger partial charge in [0.15, 0.2) is 11.4 Å². The molecule has 3 N–H and O–H groups in total. The summed E-state index contributed by atoms with van der Waals surface area (Å²) in [6.07, 6.45) is 1.65. The van der Waals surface area contributed by atoms with Gasteiger partial charge in [-0.2, -0.15) is 4.98 Å². The van der Waals surface area contributed by atoms with E-state index >= 15 is 0 Å². The monoisotopic (exact) mass is 258 g/mol. The Morgan fingerprint density at radius 2 is 2.26 bits per heavy atom. The zero-order valence-corrected chi connectivity index (χ0v) is 10.7. The van der Waals surface area contributed by atoms with E-state index in [9.17, 15) is 0 Å². The number of aromatic nitrogens is 4. The lowest BCUT2D eigenvalue weighted by molar-refractivity contribution is 0.594. The maximum Gasteiger partial charge on any atom is 0.296 e. The summed E-state index contributed by atoms with van der Waals surface area (Å²) in [4.78, 5) is 4.33. The molecule has 3 rings (SSSR count). The molecule has 1 unspecified atom stereocenters. The van der Waals surface area contributed by atoms with Crippen LogP contribution in [0.1, 0.15) is 18.8 Å². The highest BCUT2D eigenvalue weighted by atomic mass is 16.4. The normalized spacial score (nSPS) is 12.7. The molecule has 98 valence electrons. The van der Waals surface area contributed by atoms with Gasteiger partial charge in [0, 0.05) is 7.05 Å². The van der Waals surface area contributed by atoms with Crippen molar-refractivity contribution < 1.29 is 4.42 Å². The number of nitrogens with two attached hydrogens (primary N) is 1. The molecule has 0 saturated carbocycles. The van der Waals surface area contributed by atoms with Crippen LogP contribution in [0.4, 0.5) is 11.7 Å². The summed E-state index contributed by atoms with van der Waals surface area (Å²) >= 11 is 0. The summed E-state index contributed by atoms with van der Waals surface area (Å²) < 4.78 is 7.44. The molecule has 19 heavy (non-hydrogen) atoms. The Balaban J connectivity index is 1.89. The predicted molar refractivity (Wildman–Crippen MR) is 71.5 cm³/mol. The molecule has 7 nitrogen and oxygen atoms in total. The van der Waals surface area contributed by atoms with Crippen molar-refractivity contribution in [3.05, 3.63) is 30.4 Å². The number of aryl methyl sites for hydroxylation is 1. The molecule has 0 aliphatic carbocycles. The summed E-state index contributed by atoms with van der Waals surface area (Å²) in [5.41, 5.74) is 7.76. The van der Waals surface area contributed by atoms with Gasteiger partial charge < -0.3 is 20.0 Å². The third kappa shape index (κ3) is 1.99. The molecule has 0 saturated heterocycles. The van der Waals surface area contributed by atoms with E-state index in [0.717, 1.165) is 5.82 Å². The second kappa shape index (κ2) is 4.27. The summed E-state index contributed by atoms with van der Waals surface area (Å²) in [7, 11) is 1.89. The molecule has 0 amide bonds. The lowest BCUT2D eigenvalue weighted by atomic mass is 10.3. The van der Waals surface area contributed by atoms with Gasteiger partial charge in [-0.1, -0.05) is 6.07 Å². The Labute approximate surface area is 109 Å². The van der Waals surface area contributed by atoms with E-state index in [1.807, 2.05) is 30.7 Å². The van der Waals surface area contributed by atoms with E-state index in [4.69, 9.17) is 10.2 Å². The highest BCUT2D eigenvalue weighted by Gasteiger charge is 2.15. The van der Waals surface area contributed by atoms with Crippen molar-refractivity contribution in [2.45, 2.75) is 13.0 Å². The molecule has 1 atom stereocenters. The number of nitrogens with zero attached hydrogens (tertiary/aromatic N) is 4. The summed E-state index contributed by atoms with van der Waals surface area (Å²) in [5, 5.41) is 11.0. The van der Waals surface area contributed by atoms with Gasteiger partial charge in [0.25, 0.3) is 6.01 Å². The van der Waals surface area contributed by atoms with Crippen molar-refractivity contribution >= 4 is 22.8 Å². The van der Waals surface area contributed by atoms with Crippen LogP contribution in [0.2, 0.25) is 0 Å². The molecule has 0 fully saturated rings. The number of benzene rings is 1. The van der Waals surface area contributed by atoms with Gasteiger partial charge >= 0.3 is 0 Å². The fraction of sp³-hybridized carbons (Fsp3) is 0.250. The van der Waals surface area contributed by atoms with Crippen LogP contribution in [-0.2, 0) is 7.05 Å². The van der Waals surface area contributed by atoms with Crippen LogP contribution >= 0.6 is 0 Å². The average molecular weight is 258 g/mol. The summed E-state index contributed by atoms with van der Waals surface area (Å²) in [6.45, 7) is 1.96. The molecule has 2 heterocycles. The summed E-state index contributed by atoms with van der Waals surface area (Å²) in [6, 6.07) is 5.81. The highest BCUT2D eigenvalue weighted by Crippen LogP contribution is 2.25. The Morgan fingerprint density at radius 3 is 2.95 bits per heavy atom. The van der Waals surface area contributed by atoms with Crippen molar-refractivity contribution in [1.82, 2.24) is 19.7 Å². The molecule has 7 heteroatoms. The molecule has 0 aliphatic rings. The molecule has 0 aliphatic heterocycles. The molecular formula is C12H14N6O. The van der Waals surface area contributed by atoms with Crippen LogP contribution in [0.5, 0.6) is 0 Å². The van der Waals surface area contributed by atoms with Crippen molar-refractivity contribution in [2.75, 3.05) is 11.1 Å². The molecular weight excluding hydrogens is 244 g/mol. The number of hydrogen-bond acceptors (Lipinski definition) is 6. The molecule has 3 aromatic rings. The molecule has 0 bridgehead atoms. The standard InChI is InChI=1S/C12H14N6O/c1-7(11-17-14-6-18(11)2)15-12-16-10-8(13)4-3-5-9(10)19-12/h3-7H,13H2,1-2H3,(H,15,16). The first-order valence-corrected chi connectivity index (χ1v) is 5.90. The van der Waals surface area contributed by atoms with Crippen molar-refractivity contribution in [2.24, 2.45) is 7.05 Å². The Bertz CT molecular complexity index is 716. The van der Waals surface area contributed by atoms with Gasteiger partial charge in [0.1, 0.15) is 11.8 Å². The minimum Gasteiger partial charge on any atom is -0.423 e. The van der Waals surface area contributed by atoms with Crippen molar-refractivity contribution in [3.8, 4) is 0 Å². The van der Waals surface area contributed by atoms with Crippen LogP contribution in [0, 0.1) is 0 Å².